The first kappa shape index (κ1) is 25.9. The third-order valence-electron chi connectivity index (χ3n) is 4.32. The minimum Gasteiger partial charge on any atom is -0.374 e. The molecule has 154 valence electrons. The summed E-state index contributed by atoms with van der Waals surface area (Å²) in [5.41, 5.74) is 0. The van der Waals surface area contributed by atoms with Crippen LogP contribution < -0.4 is 0 Å². The molecule has 0 unspecified atom stereocenters. The zero-order chi connectivity index (χ0) is 19.5. The highest BCUT2D eigenvalue weighted by molar-refractivity contribution is 7.79. The van der Waals surface area contributed by atoms with E-state index in [2.05, 4.69) is 6.92 Å². The van der Waals surface area contributed by atoms with Crippen LogP contribution in [-0.2, 0) is 18.1 Å². The molecule has 0 N–H and O–H groups in total. The van der Waals surface area contributed by atoms with Crippen LogP contribution in [0, 0.1) is 0 Å². The lowest BCUT2D eigenvalue weighted by atomic mass is 10.0. The molecule has 0 saturated carbocycles. The fourth-order valence-corrected chi connectivity index (χ4v) is 5.63. The molecule has 0 aliphatic heterocycles. The molecule has 0 saturated heterocycles. The predicted octanol–water partition coefficient (Wildman–Crippen LogP) is 5.89. The molecule has 6 heteroatoms. The Kier molecular flexibility index (Phi) is 18.1. The summed E-state index contributed by atoms with van der Waals surface area (Å²) in [6.45, 7) is 7.51. The van der Waals surface area contributed by atoms with Gasteiger partial charge in [0.15, 0.2) is 0 Å². The summed E-state index contributed by atoms with van der Waals surface area (Å²) in [5, 5.41) is 1.61. The first-order chi connectivity index (χ1) is 12.6. The second-order valence-corrected chi connectivity index (χ2v) is 9.61. The Bertz CT molecular complexity index is 347. The summed E-state index contributed by atoms with van der Waals surface area (Å²) in [7, 11) is -2.74. The van der Waals surface area contributed by atoms with Gasteiger partial charge in [-0.25, -0.2) is 0 Å². The molecule has 0 aliphatic rings. The van der Waals surface area contributed by atoms with Gasteiger partial charge in [-0.3, -0.25) is 4.79 Å². The average molecular weight is 405 g/mol. The van der Waals surface area contributed by atoms with Gasteiger partial charge in [0.05, 0.1) is 0 Å². The van der Waals surface area contributed by atoms with Crippen molar-refractivity contribution in [1.82, 2.24) is 0 Å². The maximum absolute atomic E-state index is 12.0. The van der Waals surface area contributed by atoms with Gasteiger partial charge >= 0.3 is 8.80 Å². The molecule has 0 heterocycles. The Morgan fingerprint density at radius 3 is 1.85 bits per heavy atom. The van der Waals surface area contributed by atoms with Crippen molar-refractivity contribution in [2.75, 3.05) is 19.8 Å². The molecule has 0 aliphatic carbocycles. The van der Waals surface area contributed by atoms with Gasteiger partial charge in [-0.1, -0.05) is 70.5 Å². The van der Waals surface area contributed by atoms with Gasteiger partial charge in [0, 0.05) is 38.7 Å². The molecular weight excluding hydrogens is 364 g/mol. The van der Waals surface area contributed by atoms with Crippen molar-refractivity contribution < 1.29 is 18.1 Å². The number of ketones is 1. The van der Waals surface area contributed by atoms with Crippen LogP contribution >= 0.6 is 12.2 Å². The monoisotopic (exact) mass is 404 g/mol. The molecule has 0 fully saturated rings. The Hall–Kier alpha value is -0.143. The van der Waals surface area contributed by atoms with Crippen LogP contribution in [0.25, 0.3) is 0 Å². The smallest absolute Gasteiger partial charge is 0.374 e. The van der Waals surface area contributed by atoms with Crippen molar-refractivity contribution in [3.05, 3.63) is 0 Å². The van der Waals surface area contributed by atoms with E-state index in [0.29, 0.717) is 38.7 Å². The van der Waals surface area contributed by atoms with E-state index in [-0.39, 0.29) is 5.78 Å². The van der Waals surface area contributed by atoms with Gasteiger partial charge in [-0.15, -0.1) is 0 Å². The minimum atomic E-state index is -2.74. The molecule has 26 heavy (non-hydrogen) atoms. The van der Waals surface area contributed by atoms with Gasteiger partial charge in [0.2, 0.25) is 0 Å². The van der Waals surface area contributed by atoms with Crippen LogP contribution in [0.2, 0.25) is 6.04 Å². The number of rotatable bonds is 20. The van der Waals surface area contributed by atoms with Crippen LogP contribution in [0.5, 0.6) is 0 Å². The van der Waals surface area contributed by atoms with E-state index in [1.807, 2.05) is 13.8 Å². The second-order valence-electron chi connectivity index (χ2n) is 6.64. The van der Waals surface area contributed by atoms with Crippen LogP contribution in [0.3, 0.4) is 0 Å². The highest BCUT2D eigenvalue weighted by atomic mass is 32.1. The number of carbonyl (C=O) groups is 1. The maximum Gasteiger partial charge on any atom is 0.505 e. The van der Waals surface area contributed by atoms with E-state index in [9.17, 15) is 4.79 Å². The molecule has 0 radical (unpaired) electrons. The number of hydrogen-bond acceptors (Lipinski definition) is 5. The van der Waals surface area contributed by atoms with E-state index in [1.54, 1.807) is 5.37 Å². The number of carbonyl (C=O) groups excluding carboxylic acids is 1. The quantitative estimate of drug-likeness (QED) is 0.144. The van der Waals surface area contributed by atoms with Crippen molar-refractivity contribution in [1.29, 1.82) is 0 Å². The third kappa shape index (κ3) is 14.0. The highest BCUT2D eigenvalue weighted by Crippen LogP contribution is 2.16. The fourth-order valence-electron chi connectivity index (χ4n) is 2.92. The lowest BCUT2D eigenvalue weighted by Crippen LogP contribution is -2.46. The van der Waals surface area contributed by atoms with Crippen molar-refractivity contribution in [2.45, 2.75) is 97.4 Å². The lowest BCUT2D eigenvalue weighted by Gasteiger charge is -2.27. The predicted molar refractivity (Wildman–Crippen MR) is 115 cm³/mol. The zero-order valence-corrected chi connectivity index (χ0v) is 19.0. The number of Topliss-reactive ketones (excluding diaryl/α,β-unsaturated/α-hetero) is 1. The molecule has 0 aromatic heterocycles. The molecular formula is C20H40O4SSi. The molecule has 4 nitrogen and oxygen atoms in total. The lowest BCUT2D eigenvalue weighted by molar-refractivity contribution is -0.119. The topological polar surface area (TPSA) is 44.8 Å². The van der Waals surface area contributed by atoms with E-state index >= 15 is 0 Å². The van der Waals surface area contributed by atoms with Crippen LogP contribution in [0.4, 0.5) is 0 Å². The number of thiocarbonyl (C=S) groups is 1. The summed E-state index contributed by atoms with van der Waals surface area (Å²) in [6, 6.07) is 0.510. The Labute approximate surface area is 167 Å². The van der Waals surface area contributed by atoms with Crippen LogP contribution in [-0.4, -0.2) is 39.8 Å². The molecule has 0 bridgehead atoms. The van der Waals surface area contributed by atoms with Gasteiger partial charge in [-0.05, 0) is 25.6 Å². The molecule has 0 atom stereocenters. The summed E-state index contributed by atoms with van der Waals surface area (Å²) >= 11 is 4.95. The maximum atomic E-state index is 12.0. The molecule has 0 aromatic rings. The average Bonchev–Trinajstić information content (AvgIpc) is 2.61. The fraction of sp³-hybridized carbons (Fsp3) is 0.900. The van der Waals surface area contributed by atoms with Crippen molar-refractivity contribution in [3.8, 4) is 0 Å². The standard InChI is InChI=1S/C20H40O4SSi/c1-4-7-8-9-10-11-12-13-14-15-20(21)16-17-24-26(19-18-25,22-5-2)23-6-3/h18H,4-17,19H2,1-3H3. The zero-order valence-electron chi connectivity index (χ0n) is 17.2. The van der Waals surface area contributed by atoms with Gasteiger partial charge in [-0.2, -0.15) is 0 Å². The summed E-state index contributed by atoms with van der Waals surface area (Å²) in [4.78, 5) is 12.0. The first-order valence-electron chi connectivity index (χ1n) is 10.5. The molecule has 0 rings (SSSR count). The molecule has 0 aromatic carbocycles. The van der Waals surface area contributed by atoms with Gasteiger partial charge in [0.25, 0.3) is 0 Å². The van der Waals surface area contributed by atoms with Crippen molar-refractivity contribution >= 4 is 32.2 Å². The third-order valence-corrected chi connectivity index (χ3v) is 7.59. The Balaban J connectivity index is 3.81. The van der Waals surface area contributed by atoms with Gasteiger partial charge in [0.1, 0.15) is 5.78 Å². The Morgan fingerprint density at radius 2 is 1.35 bits per heavy atom. The van der Waals surface area contributed by atoms with E-state index in [4.69, 9.17) is 25.5 Å². The number of hydrogen-bond donors (Lipinski definition) is 0. The van der Waals surface area contributed by atoms with E-state index in [0.717, 1.165) is 12.8 Å². The van der Waals surface area contributed by atoms with Crippen molar-refractivity contribution in [3.63, 3.8) is 0 Å². The summed E-state index contributed by atoms with van der Waals surface area (Å²) in [6.07, 6.45) is 12.5. The first-order valence-corrected chi connectivity index (χ1v) is 12.9. The minimum absolute atomic E-state index is 0.270. The molecule has 0 spiro atoms. The summed E-state index contributed by atoms with van der Waals surface area (Å²) < 4.78 is 17.4. The van der Waals surface area contributed by atoms with E-state index in [1.165, 1.54) is 44.9 Å². The normalized spacial score (nSPS) is 11.7. The highest BCUT2D eigenvalue weighted by Gasteiger charge is 2.39. The number of unbranched alkanes of at least 4 members (excludes halogenated alkanes) is 8. The van der Waals surface area contributed by atoms with Crippen LogP contribution in [0.1, 0.15) is 91.4 Å². The Morgan fingerprint density at radius 1 is 0.808 bits per heavy atom. The second kappa shape index (κ2) is 18.2. The van der Waals surface area contributed by atoms with Crippen LogP contribution in [0.15, 0.2) is 0 Å². The SMILES string of the molecule is CCCCCCCCCCCC(=O)CCO[Si](CC=S)(OCC)OCC. The summed E-state index contributed by atoms with van der Waals surface area (Å²) in [5.74, 6) is 0.270. The largest absolute Gasteiger partial charge is 0.505 e. The van der Waals surface area contributed by atoms with E-state index < -0.39 is 8.80 Å². The molecule has 0 amide bonds. The van der Waals surface area contributed by atoms with Gasteiger partial charge < -0.3 is 13.3 Å². The van der Waals surface area contributed by atoms with Crippen molar-refractivity contribution in [2.24, 2.45) is 0 Å².